The van der Waals surface area contributed by atoms with Crippen LogP contribution in [-0.4, -0.2) is 21.8 Å². The maximum atomic E-state index is 11.0. The van der Waals surface area contributed by atoms with Crippen LogP contribution < -0.4 is 5.32 Å². The number of hydrogen-bond acceptors (Lipinski definition) is 4. The van der Waals surface area contributed by atoms with E-state index in [0.717, 1.165) is 11.8 Å². The number of aldehydes is 1. The highest BCUT2D eigenvalue weighted by Gasteiger charge is 2.17. The first kappa shape index (κ1) is 15.2. The molecule has 0 spiro atoms. The van der Waals surface area contributed by atoms with Crippen LogP contribution in [0.1, 0.15) is 31.2 Å². The van der Waals surface area contributed by atoms with Crippen molar-refractivity contribution in [2.45, 2.75) is 31.1 Å². The topological polar surface area (TPSA) is 54.9 Å². The number of fused-ring (bicyclic) bond motifs is 1. The SMILES string of the molecule is CC(C)(C)Nc1nc2c(C(Br)C=O)cccc2nc1Cl. The van der Waals surface area contributed by atoms with Crippen molar-refractivity contribution in [1.29, 1.82) is 0 Å². The molecule has 0 amide bonds. The van der Waals surface area contributed by atoms with Crippen LogP contribution in [0.2, 0.25) is 5.15 Å². The van der Waals surface area contributed by atoms with Gasteiger partial charge >= 0.3 is 0 Å². The molecule has 1 N–H and O–H groups in total. The quantitative estimate of drug-likeness (QED) is 0.663. The lowest BCUT2D eigenvalue weighted by molar-refractivity contribution is -0.107. The molecule has 0 radical (unpaired) electrons. The molecule has 20 heavy (non-hydrogen) atoms. The molecule has 0 fully saturated rings. The normalized spacial score (nSPS) is 13.2. The lowest BCUT2D eigenvalue weighted by atomic mass is 10.1. The van der Waals surface area contributed by atoms with Crippen LogP contribution in [0.15, 0.2) is 18.2 Å². The minimum Gasteiger partial charge on any atom is -0.363 e. The van der Waals surface area contributed by atoms with Crippen molar-refractivity contribution in [3.63, 3.8) is 0 Å². The van der Waals surface area contributed by atoms with E-state index in [0.29, 0.717) is 22.0 Å². The fraction of sp³-hybridized carbons (Fsp3) is 0.357. The Bertz CT molecular complexity index is 655. The molecule has 0 aliphatic carbocycles. The Morgan fingerprint density at radius 2 is 2.05 bits per heavy atom. The van der Waals surface area contributed by atoms with E-state index >= 15 is 0 Å². The van der Waals surface area contributed by atoms with Crippen LogP contribution in [0, 0.1) is 0 Å². The van der Waals surface area contributed by atoms with Gasteiger partial charge in [0.2, 0.25) is 0 Å². The number of alkyl halides is 1. The highest BCUT2D eigenvalue weighted by molar-refractivity contribution is 9.09. The van der Waals surface area contributed by atoms with Gasteiger partial charge in [-0.05, 0) is 26.8 Å². The molecule has 0 saturated heterocycles. The van der Waals surface area contributed by atoms with Gasteiger partial charge in [0, 0.05) is 11.1 Å². The number of hydrogen-bond donors (Lipinski definition) is 1. The Labute approximate surface area is 131 Å². The number of carbonyl (C=O) groups is 1. The van der Waals surface area contributed by atoms with E-state index in [-0.39, 0.29) is 5.54 Å². The molecule has 1 unspecified atom stereocenters. The number of para-hydroxylation sites is 1. The number of carbonyl (C=O) groups excluding carboxylic acids is 1. The minimum atomic E-state index is -0.413. The van der Waals surface area contributed by atoms with Crippen LogP contribution in [0.5, 0.6) is 0 Å². The van der Waals surface area contributed by atoms with E-state index < -0.39 is 4.83 Å². The molecule has 2 aromatic rings. The van der Waals surface area contributed by atoms with E-state index in [4.69, 9.17) is 11.6 Å². The fourth-order valence-electron chi connectivity index (χ4n) is 1.81. The van der Waals surface area contributed by atoms with E-state index in [1.54, 1.807) is 0 Å². The predicted octanol–water partition coefficient (Wildman–Crippen LogP) is 4.13. The van der Waals surface area contributed by atoms with E-state index in [1.807, 2.05) is 39.0 Å². The lowest BCUT2D eigenvalue weighted by Crippen LogP contribution is -2.27. The van der Waals surface area contributed by atoms with Crippen LogP contribution in [-0.2, 0) is 4.79 Å². The van der Waals surface area contributed by atoms with Gasteiger partial charge in [0.25, 0.3) is 0 Å². The number of aromatic nitrogens is 2. The summed E-state index contributed by atoms with van der Waals surface area (Å²) in [6, 6.07) is 5.50. The third-order valence-corrected chi connectivity index (χ3v) is 3.57. The maximum absolute atomic E-state index is 11.0. The van der Waals surface area contributed by atoms with Crippen molar-refractivity contribution in [2.24, 2.45) is 0 Å². The van der Waals surface area contributed by atoms with Crippen LogP contribution in [0.4, 0.5) is 5.82 Å². The molecule has 0 bridgehead atoms. The molecule has 1 heterocycles. The first-order chi connectivity index (χ1) is 9.31. The highest BCUT2D eigenvalue weighted by atomic mass is 79.9. The zero-order chi connectivity index (χ0) is 14.9. The van der Waals surface area contributed by atoms with E-state index in [9.17, 15) is 4.79 Å². The molecule has 0 aliphatic rings. The van der Waals surface area contributed by atoms with Crippen molar-refractivity contribution in [1.82, 2.24) is 9.97 Å². The first-order valence-electron chi connectivity index (χ1n) is 6.15. The van der Waals surface area contributed by atoms with Crippen molar-refractivity contribution in [3.05, 3.63) is 28.9 Å². The van der Waals surface area contributed by atoms with Gasteiger partial charge < -0.3 is 10.1 Å². The number of rotatable bonds is 3. The van der Waals surface area contributed by atoms with Gasteiger partial charge in [-0.2, -0.15) is 0 Å². The van der Waals surface area contributed by atoms with Gasteiger partial charge in [0.05, 0.1) is 15.9 Å². The molecule has 1 aromatic carbocycles. The Balaban J connectivity index is 2.63. The largest absolute Gasteiger partial charge is 0.363 e. The Morgan fingerprint density at radius 3 is 2.65 bits per heavy atom. The standard InChI is InChI=1S/C14H15BrClN3O/c1-14(2,3)19-13-12(16)17-10-6-4-5-8(9(15)7-20)11(10)18-13/h4-7,9H,1-3H3,(H,18,19). The van der Waals surface area contributed by atoms with Crippen molar-refractivity contribution < 1.29 is 4.79 Å². The summed E-state index contributed by atoms with van der Waals surface area (Å²) in [6.45, 7) is 6.04. The van der Waals surface area contributed by atoms with Gasteiger partial charge in [0.1, 0.15) is 6.29 Å². The predicted molar refractivity (Wildman–Crippen MR) is 85.7 cm³/mol. The molecular weight excluding hydrogens is 342 g/mol. The summed E-state index contributed by atoms with van der Waals surface area (Å²) in [5.41, 5.74) is 1.92. The average molecular weight is 357 g/mol. The summed E-state index contributed by atoms with van der Waals surface area (Å²) in [6.07, 6.45) is 0.821. The van der Waals surface area contributed by atoms with Crippen LogP contribution in [0.3, 0.4) is 0 Å². The van der Waals surface area contributed by atoms with Gasteiger partial charge in [-0.15, -0.1) is 0 Å². The van der Waals surface area contributed by atoms with Gasteiger partial charge in [0.15, 0.2) is 11.0 Å². The monoisotopic (exact) mass is 355 g/mol. The van der Waals surface area contributed by atoms with Crippen LogP contribution in [0.25, 0.3) is 11.0 Å². The average Bonchev–Trinajstić information content (AvgIpc) is 2.36. The summed E-state index contributed by atoms with van der Waals surface area (Å²) in [4.78, 5) is 19.5. The number of benzene rings is 1. The zero-order valence-electron chi connectivity index (χ0n) is 11.4. The smallest absolute Gasteiger partial charge is 0.172 e. The highest BCUT2D eigenvalue weighted by Crippen LogP contribution is 2.30. The van der Waals surface area contributed by atoms with Crippen LogP contribution >= 0.6 is 27.5 Å². The van der Waals surface area contributed by atoms with Gasteiger partial charge in [-0.1, -0.05) is 39.7 Å². The molecule has 6 heteroatoms. The Morgan fingerprint density at radius 1 is 1.35 bits per heavy atom. The Kier molecular flexibility index (Phi) is 4.30. The summed E-state index contributed by atoms with van der Waals surface area (Å²) in [5, 5.41) is 3.54. The summed E-state index contributed by atoms with van der Waals surface area (Å²) < 4.78 is 0. The molecule has 106 valence electrons. The number of halogens is 2. The lowest BCUT2D eigenvalue weighted by Gasteiger charge is -2.22. The third kappa shape index (κ3) is 3.27. The molecule has 1 aromatic heterocycles. The molecule has 0 saturated carbocycles. The second-order valence-corrected chi connectivity index (χ2v) is 6.84. The van der Waals surface area contributed by atoms with E-state index in [2.05, 4.69) is 31.2 Å². The summed E-state index contributed by atoms with van der Waals surface area (Å²) in [7, 11) is 0. The van der Waals surface area contributed by atoms with Gasteiger partial charge in [-0.25, -0.2) is 9.97 Å². The maximum Gasteiger partial charge on any atom is 0.172 e. The minimum absolute atomic E-state index is 0.181. The van der Waals surface area contributed by atoms with Crippen molar-refractivity contribution >= 4 is 50.7 Å². The first-order valence-corrected chi connectivity index (χ1v) is 7.45. The molecule has 0 aliphatic heterocycles. The van der Waals surface area contributed by atoms with E-state index in [1.165, 1.54) is 0 Å². The van der Waals surface area contributed by atoms with Crippen molar-refractivity contribution in [2.75, 3.05) is 5.32 Å². The summed E-state index contributed by atoms with van der Waals surface area (Å²) >= 11 is 9.48. The molecule has 2 rings (SSSR count). The molecular formula is C14H15BrClN3O. The number of nitrogens with zero attached hydrogens (tertiary/aromatic N) is 2. The van der Waals surface area contributed by atoms with Gasteiger partial charge in [-0.3, -0.25) is 0 Å². The fourth-order valence-corrected chi connectivity index (χ4v) is 2.36. The molecule has 4 nitrogen and oxygen atoms in total. The Hall–Kier alpha value is -1.20. The van der Waals surface area contributed by atoms with Crippen molar-refractivity contribution in [3.8, 4) is 0 Å². The zero-order valence-corrected chi connectivity index (χ0v) is 13.8. The third-order valence-electron chi connectivity index (χ3n) is 2.59. The molecule has 1 atom stereocenters. The second kappa shape index (κ2) is 5.66. The summed E-state index contributed by atoms with van der Waals surface area (Å²) in [5.74, 6) is 0.518. The number of anilines is 1. The number of nitrogens with one attached hydrogen (secondary N) is 1. The second-order valence-electron chi connectivity index (χ2n) is 5.49.